The molecule has 0 heterocycles. The summed E-state index contributed by atoms with van der Waals surface area (Å²) in [6, 6.07) is 1.86. The molecule has 7 nitrogen and oxygen atoms in total. The Morgan fingerprint density at radius 3 is 2.65 bits per heavy atom. The Morgan fingerprint density at radius 2 is 2.20 bits per heavy atom. The normalized spacial score (nSPS) is 14.6. The summed E-state index contributed by atoms with van der Waals surface area (Å²) in [5.41, 5.74) is 1.21. The van der Waals surface area contributed by atoms with Gasteiger partial charge in [-0.05, 0) is 25.3 Å². The molecule has 1 fully saturated rings. The molecule has 1 aliphatic carbocycles. The molecule has 0 unspecified atom stereocenters. The van der Waals surface area contributed by atoms with Crippen LogP contribution in [0.5, 0.6) is 0 Å². The number of anilines is 1. The van der Waals surface area contributed by atoms with Crippen molar-refractivity contribution in [1.82, 2.24) is 4.90 Å². The Hall–Kier alpha value is -2.22. The summed E-state index contributed by atoms with van der Waals surface area (Å²) < 4.78 is 13.5. The zero-order valence-electron chi connectivity index (χ0n) is 10.9. The Morgan fingerprint density at radius 1 is 1.55 bits per heavy atom. The van der Waals surface area contributed by atoms with Crippen LogP contribution in [0.3, 0.4) is 0 Å². The van der Waals surface area contributed by atoms with Crippen molar-refractivity contribution in [1.29, 1.82) is 0 Å². The molecule has 0 aromatic heterocycles. The van der Waals surface area contributed by atoms with Gasteiger partial charge in [0, 0.05) is 13.1 Å². The Kier molecular flexibility index (Phi) is 3.84. The lowest BCUT2D eigenvalue weighted by Gasteiger charge is -2.34. The van der Waals surface area contributed by atoms with Crippen LogP contribution in [0.15, 0.2) is 12.1 Å². The van der Waals surface area contributed by atoms with E-state index >= 15 is 0 Å². The lowest BCUT2D eigenvalue weighted by molar-refractivity contribution is -0.385. The molecule has 20 heavy (non-hydrogen) atoms. The summed E-state index contributed by atoms with van der Waals surface area (Å²) in [7, 11) is 1.59. The monoisotopic (exact) mass is 282 g/mol. The van der Waals surface area contributed by atoms with Crippen LogP contribution >= 0.6 is 0 Å². The van der Waals surface area contributed by atoms with Crippen LogP contribution in [0, 0.1) is 15.9 Å². The van der Waals surface area contributed by atoms with Crippen LogP contribution in [0.25, 0.3) is 0 Å². The van der Waals surface area contributed by atoms with Crippen LogP contribution in [0.1, 0.15) is 29.6 Å². The van der Waals surface area contributed by atoms with E-state index in [1.165, 1.54) is 4.90 Å². The van der Waals surface area contributed by atoms with E-state index in [1.807, 2.05) is 0 Å². The van der Waals surface area contributed by atoms with E-state index in [2.05, 4.69) is 5.43 Å². The molecular formula is C12H15FN4O3. The number of hydrogen-bond acceptors (Lipinski definition) is 5. The fourth-order valence-corrected chi connectivity index (χ4v) is 2.13. The number of carbonyl (C=O) groups excluding carboxylic acids is 1. The van der Waals surface area contributed by atoms with Crippen LogP contribution in [-0.4, -0.2) is 28.8 Å². The Bertz CT molecular complexity index is 560. The number of amides is 1. The molecule has 0 aliphatic heterocycles. The van der Waals surface area contributed by atoms with Gasteiger partial charge in [-0.2, -0.15) is 0 Å². The first-order valence-electron chi connectivity index (χ1n) is 6.17. The molecule has 0 bridgehead atoms. The molecule has 1 amide bonds. The largest absolute Gasteiger partial charge is 0.339 e. The average Bonchev–Trinajstić information content (AvgIpc) is 2.35. The number of nitro benzene ring substituents is 1. The first-order chi connectivity index (χ1) is 9.45. The maximum Gasteiger partial charge on any atom is 0.285 e. The second-order valence-corrected chi connectivity index (χ2v) is 4.75. The van der Waals surface area contributed by atoms with Gasteiger partial charge >= 0.3 is 0 Å². The van der Waals surface area contributed by atoms with Crippen molar-refractivity contribution in [3.05, 3.63) is 33.6 Å². The molecule has 0 atom stereocenters. The van der Waals surface area contributed by atoms with Crippen molar-refractivity contribution >= 4 is 17.3 Å². The molecule has 1 saturated carbocycles. The van der Waals surface area contributed by atoms with Gasteiger partial charge in [0.25, 0.3) is 11.6 Å². The highest BCUT2D eigenvalue weighted by Crippen LogP contribution is 2.30. The molecular weight excluding hydrogens is 267 g/mol. The number of benzene rings is 1. The smallest absolute Gasteiger partial charge is 0.285 e. The van der Waals surface area contributed by atoms with E-state index in [0.717, 1.165) is 25.3 Å². The number of nitrogen functional groups attached to an aromatic ring is 1. The molecule has 108 valence electrons. The number of hydrogen-bond donors (Lipinski definition) is 2. The first-order valence-corrected chi connectivity index (χ1v) is 6.17. The number of nitro groups is 1. The average molecular weight is 282 g/mol. The fourth-order valence-electron chi connectivity index (χ4n) is 2.13. The summed E-state index contributed by atoms with van der Waals surface area (Å²) in [4.78, 5) is 24.0. The van der Waals surface area contributed by atoms with E-state index in [1.54, 1.807) is 7.05 Å². The Balaban J connectivity index is 2.42. The number of carbonyl (C=O) groups is 1. The van der Waals surface area contributed by atoms with Crippen LogP contribution in [-0.2, 0) is 0 Å². The third-order valence-corrected chi connectivity index (χ3v) is 3.61. The minimum Gasteiger partial charge on any atom is -0.339 e. The third-order valence-electron chi connectivity index (χ3n) is 3.61. The predicted molar refractivity (Wildman–Crippen MR) is 70.6 cm³/mol. The van der Waals surface area contributed by atoms with E-state index in [0.29, 0.717) is 6.07 Å². The first kappa shape index (κ1) is 14.2. The molecule has 1 aromatic rings. The van der Waals surface area contributed by atoms with Gasteiger partial charge in [0.15, 0.2) is 5.82 Å². The number of nitrogens with one attached hydrogen (secondary N) is 1. The van der Waals surface area contributed by atoms with Crippen molar-refractivity contribution in [2.24, 2.45) is 5.84 Å². The summed E-state index contributed by atoms with van der Waals surface area (Å²) in [5, 5.41) is 11.0. The van der Waals surface area contributed by atoms with E-state index in [4.69, 9.17) is 5.84 Å². The topological polar surface area (TPSA) is 102 Å². The van der Waals surface area contributed by atoms with Crippen LogP contribution < -0.4 is 11.3 Å². The van der Waals surface area contributed by atoms with Gasteiger partial charge in [0.05, 0.1) is 16.7 Å². The zero-order chi connectivity index (χ0) is 14.9. The highest BCUT2D eigenvalue weighted by atomic mass is 19.1. The number of hydrazine groups is 1. The molecule has 1 aromatic carbocycles. The minimum atomic E-state index is -0.873. The quantitative estimate of drug-likeness (QED) is 0.496. The van der Waals surface area contributed by atoms with Gasteiger partial charge in [-0.15, -0.1) is 0 Å². The minimum absolute atomic E-state index is 0.0847. The van der Waals surface area contributed by atoms with Crippen molar-refractivity contribution in [3.8, 4) is 0 Å². The molecule has 8 heteroatoms. The van der Waals surface area contributed by atoms with E-state index in [9.17, 15) is 19.3 Å². The SMILES string of the molecule is CN(C(=O)c1cc(NN)c(F)cc1[N+](=O)[O-])C1CCC1. The van der Waals surface area contributed by atoms with Crippen LogP contribution in [0.4, 0.5) is 15.8 Å². The molecule has 3 N–H and O–H groups in total. The molecule has 0 saturated heterocycles. The maximum atomic E-state index is 13.5. The lowest BCUT2D eigenvalue weighted by Crippen LogP contribution is -2.41. The zero-order valence-corrected chi connectivity index (χ0v) is 10.9. The van der Waals surface area contributed by atoms with E-state index in [-0.39, 0.29) is 17.3 Å². The summed E-state index contributed by atoms with van der Waals surface area (Å²) in [6.45, 7) is 0. The number of nitrogens with two attached hydrogens (primary N) is 1. The van der Waals surface area contributed by atoms with Gasteiger partial charge in [-0.3, -0.25) is 20.8 Å². The fraction of sp³-hybridized carbons (Fsp3) is 0.417. The third kappa shape index (κ3) is 2.42. The molecule has 1 aliphatic rings. The van der Waals surface area contributed by atoms with Gasteiger partial charge in [0.2, 0.25) is 0 Å². The van der Waals surface area contributed by atoms with Gasteiger partial charge in [-0.25, -0.2) is 4.39 Å². The lowest BCUT2D eigenvalue weighted by atomic mass is 9.91. The van der Waals surface area contributed by atoms with Crippen LogP contribution in [0.2, 0.25) is 0 Å². The van der Waals surface area contributed by atoms with Crippen molar-refractivity contribution in [2.75, 3.05) is 12.5 Å². The Labute approximate surface area is 114 Å². The van der Waals surface area contributed by atoms with Crippen molar-refractivity contribution < 1.29 is 14.1 Å². The standard InChI is InChI=1S/C12H15FN4O3/c1-16(7-3-2-4-7)12(18)8-5-10(15-14)9(13)6-11(8)17(19)20/h5-7,15H,2-4,14H2,1H3. The summed E-state index contributed by atoms with van der Waals surface area (Å²) >= 11 is 0. The van der Waals surface area contributed by atoms with Gasteiger partial charge in [0.1, 0.15) is 5.56 Å². The van der Waals surface area contributed by atoms with Gasteiger partial charge < -0.3 is 10.3 Å². The van der Waals surface area contributed by atoms with Gasteiger partial charge in [-0.1, -0.05) is 0 Å². The van der Waals surface area contributed by atoms with Crippen molar-refractivity contribution in [3.63, 3.8) is 0 Å². The molecule has 0 spiro atoms. The van der Waals surface area contributed by atoms with Crippen molar-refractivity contribution in [2.45, 2.75) is 25.3 Å². The highest BCUT2D eigenvalue weighted by Gasteiger charge is 2.31. The summed E-state index contributed by atoms with van der Waals surface area (Å²) in [5.74, 6) is 3.76. The molecule has 2 rings (SSSR count). The summed E-state index contributed by atoms with van der Waals surface area (Å²) in [6.07, 6.45) is 2.78. The number of rotatable bonds is 4. The maximum absolute atomic E-state index is 13.5. The second-order valence-electron chi connectivity index (χ2n) is 4.75. The molecule has 0 radical (unpaired) electrons. The van der Waals surface area contributed by atoms with E-state index < -0.39 is 22.3 Å². The highest BCUT2D eigenvalue weighted by molar-refractivity contribution is 5.99. The number of nitrogens with zero attached hydrogens (tertiary/aromatic N) is 2. The predicted octanol–water partition coefficient (Wildman–Crippen LogP) is 1.64. The number of halogens is 1. The second kappa shape index (κ2) is 5.41.